The molecule has 12 nitrogen and oxygen atoms in total. The zero-order chi connectivity index (χ0) is 44.4. The molecular weight excluding hydrogens is 878 g/mol. The molecule has 0 unspecified atom stereocenters. The number of carbonyl (C=O) groups is 5. The third kappa shape index (κ3) is 11.2. The van der Waals surface area contributed by atoms with Gasteiger partial charge in [0.1, 0.15) is 12.1 Å². The summed E-state index contributed by atoms with van der Waals surface area (Å²) in [7, 11) is -5.22. The van der Waals surface area contributed by atoms with Crippen molar-refractivity contribution in [3.8, 4) is 6.07 Å². The zero-order valence-electron chi connectivity index (χ0n) is 34.9. The number of thiophene rings is 1. The first-order chi connectivity index (χ1) is 29.8. The summed E-state index contributed by atoms with van der Waals surface area (Å²) in [5, 5.41) is 12.8. The standard InChI is InChI=1S/C44H53F2N4O8PS3/c1-3-10-39(51)60-22-20-57-59(56,58-21-23-61-40(52)11-4-2)44(45,46)32-16-19-37-30(24-32)25-38(62-37)41(53)48-35-15-9-8-14-33-17-18-36(50(33)42(35)54)43(55)49-27-31(26-47)34(28-49)29-12-6-5-7-13-29/h5-7,12-13,16,19,24-25,31,33-36H,3-4,8-11,14-15,17-18,20-23,27-28H2,1-2H3,(H,48,53)/t31-,33+,34+,35+,36+/m1/s1. The second-order valence-corrected chi connectivity index (χ2v) is 21.3. The van der Waals surface area contributed by atoms with Crippen LogP contribution in [0.4, 0.5) is 8.78 Å². The predicted octanol–water partition coefficient (Wildman–Crippen LogP) is 9.09. The fraction of sp³-hybridized carbons (Fsp3) is 0.545. The van der Waals surface area contributed by atoms with E-state index in [4.69, 9.17) is 9.05 Å². The Balaban J connectivity index is 1.15. The molecule has 3 saturated heterocycles. The molecule has 2 aromatic carbocycles. The van der Waals surface area contributed by atoms with Gasteiger partial charge in [-0.1, -0.05) is 86.6 Å². The van der Waals surface area contributed by atoms with E-state index in [0.29, 0.717) is 62.6 Å². The monoisotopic (exact) mass is 930 g/mol. The molecule has 1 N–H and O–H groups in total. The van der Waals surface area contributed by atoms with E-state index in [1.807, 2.05) is 44.2 Å². The molecule has 0 radical (unpaired) electrons. The van der Waals surface area contributed by atoms with Crippen molar-refractivity contribution in [1.82, 2.24) is 15.1 Å². The Morgan fingerprint density at radius 3 is 2.23 bits per heavy atom. The number of benzene rings is 2. The molecule has 334 valence electrons. The first-order valence-electron chi connectivity index (χ1n) is 21.3. The summed E-state index contributed by atoms with van der Waals surface area (Å²) in [6, 6.07) is 15.3. The van der Waals surface area contributed by atoms with Crippen LogP contribution >= 0.6 is 42.5 Å². The lowest BCUT2D eigenvalue weighted by molar-refractivity contribution is -0.146. The number of hydrogen-bond acceptors (Lipinski definition) is 12. The van der Waals surface area contributed by atoms with E-state index >= 15 is 8.78 Å². The number of fused-ring (bicyclic) bond motifs is 2. The Bertz CT molecular complexity index is 2160. The van der Waals surface area contributed by atoms with Gasteiger partial charge in [0.15, 0.2) is 10.2 Å². The first kappa shape index (κ1) is 47.8. The van der Waals surface area contributed by atoms with Crippen molar-refractivity contribution in [2.45, 2.75) is 108 Å². The van der Waals surface area contributed by atoms with Crippen LogP contribution in [0.5, 0.6) is 0 Å². The molecule has 0 aliphatic carbocycles. The van der Waals surface area contributed by atoms with Gasteiger partial charge in [-0.05, 0) is 67.7 Å². The maximum atomic E-state index is 16.3. The summed E-state index contributed by atoms with van der Waals surface area (Å²) < 4.78 is 57.7. The second-order valence-electron chi connectivity index (χ2n) is 15.8. The Labute approximate surface area is 373 Å². The Hall–Kier alpha value is -3.65. The molecule has 3 amide bonds. The van der Waals surface area contributed by atoms with E-state index in [2.05, 4.69) is 11.4 Å². The van der Waals surface area contributed by atoms with Gasteiger partial charge >= 0.3 is 13.3 Å². The quantitative estimate of drug-likeness (QED) is 0.0957. The van der Waals surface area contributed by atoms with Crippen molar-refractivity contribution < 1.29 is 46.4 Å². The summed E-state index contributed by atoms with van der Waals surface area (Å²) in [5.74, 6) is -1.63. The second kappa shape index (κ2) is 21.8. The summed E-state index contributed by atoms with van der Waals surface area (Å²) >= 11 is 2.85. The van der Waals surface area contributed by atoms with Gasteiger partial charge in [0, 0.05) is 59.7 Å². The van der Waals surface area contributed by atoms with Gasteiger partial charge in [-0.3, -0.25) is 28.5 Å². The fourth-order valence-corrected chi connectivity index (χ4v) is 12.6. The number of alkyl halides is 2. The zero-order valence-corrected chi connectivity index (χ0v) is 38.3. The molecule has 0 saturated carbocycles. The van der Waals surface area contributed by atoms with E-state index in [9.17, 15) is 33.8 Å². The molecule has 0 bridgehead atoms. The first-order valence-corrected chi connectivity index (χ1v) is 25.6. The van der Waals surface area contributed by atoms with Crippen molar-refractivity contribution in [3.05, 3.63) is 70.6 Å². The molecule has 4 heterocycles. The van der Waals surface area contributed by atoms with Gasteiger partial charge in [0.25, 0.3) is 5.91 Å². The molecule has 3 aliphatic heterocycles. The van der Waals surface area contributed by atoms with Crippen LogP contribution < -0.4 is 5.32 Å². The maximum absolute atomic E-state index is 16.3. The average molecular weight is 931 g/mol. The van der Waals surface area contributed by atoms with Gasteiger partial charge < -0.3 is 24.2 Å². The van der Waals surface area contributed by atoms with Crippen molar-refractivity contribution >= 4 is 80.5 Å². The van der Waals surface area contributed by atoms with E-state index < -0.39 is 50.0 Å². The van der Waals surface area contributed by atoms with Gasteiger partial charge in [-0.2, -0.15) is 14.0 Å². The number of amides is 3. The minimum Gasteiger partial charge on any atom is -0.340 e. The lowest BCUT2D eigenvalue weighted by Gasteiger charge is -2.36. The normalized spacial score (nSPS) is 21.9. The van der Waals surface area contributed by atoms with Crippen molar-refractivity contribution in [3.63, 3.8) is 0 Å². The summed E-state index contributed by atoms with van der Waals surface area (Å²) in [6.45, 7) is 3.45. The number of nitrogens with one attached hydrogen (secondary N) is 1. The average Bonchev–Trinajstić information content (AvgIpc) is 4.01. The Kier molecular flexibility index (Phi) is 16.8. The highest BCUT2D eigenvalue weighted by molar-refractivity contribution is 8.13. The molecule has 62 heavy (non-hydrogen) atoms. The van der Waals surface area contributed by atoms with Crippen LogP contribution in [-0.4, -0.2) is 93.7 Å². The number of rotatable bonds is 18. The van der Waals surface area contributed by atoms with Crippen molar-refractivity contribution in [1.29, 1.82) is 5.26 Å². The number of carbonyl (C=O) groups excluding carboxylic acids is 5. The molecule has 3 aliphatic rings. The van der Waals surface area contributed by atoms with Gasteiger partial charge in [0.2, 0.25) is 11.8 Å². The Morgan fingerprint density at radius 2 is 1.58 bits per heavy atom. The van der Waals surface area contributed by atoms with Crippen LogP contribution in [0, 0.1) is 17.2 Å². The molecule has 6 rings (SSSR count). The SMILES string of the molecule is CCCC(=O)SCCOP(=O)(OCCSC(=O)CCC)C(F)(F)c1ccc2sc(C(=O)N[C@H]3CCCC[C@H]4CC[C@@H](C(=O)N5C[C@@H](C#N)[C@H](c6ccccc6)C5)N4C3=O)cc2c1. The van der Waals surface area contributed by atoms with E-state index in [1.54, 1.807) is 9.80 Å². The molecule has 3 fully saturated rings. The fourth-order valence-electron chi connectivity index (χ4n) is 8.38. The van der Waals surface area contributed by atoms with Crippen molar-refractivity contribution in [2.75, 3.05) is 37.8 Å². The largest absolute Gasteiger partial charge is 0.404 e. The third-order valence-corrected chi connectivity index (χ3v) is 16.4. The smallest absolute Gasteiger partial charge is 0.340 e. The number of likely N-dealkylation sites (tertiary alicyclic amines) is 1. The van der Waals surface area contributed by atoms with Gasteiger partial charge in [-0.15, -0.1) is 11.3 Å². The van der Waals surface area contributed by atoms with Crippen LogP contribution in [0.1, 0.15) is 105 Å². The van der Waals surface area contributed by atoms with Gasteiger partial charge in [-0.25, -0.2) is 0 Å². The van der Waals surface area contributed by atoms with Gasteiger partial charge in [0.05, 0.1) is 30.1 Å². The molecule has 1 aromatic heterocycles. The number of nitriles is 1. The van der Waals surface area contributed by atoms with Crippen LogP contribution in [0.2, 0.25) is 0 Å². The van der Waals surface area contributed by atoms with Crippen LogP contribution in [0.25, 0.3) is 10.1 Å². The number of thioether (sulfide) groups is 2. The van der Waals surface area contributed by atoms with E-state index in [0.717, 1.165) is 65.4 Å². The number of halogens is 2. The molecule has 3 aromatic rings. The molecule has 0 spiro atoms. The summed E-state index contributed by atoms with van der Waals surface area (Å²) in [4.78, 5) is 69.8. The van der Waals surface area contributed by atoms with Crippen molar-refractivity contribution in [2.24, 2.45) is 5.92 Å². The van der Waals surface area contributed by atoms with Crippen LogP contribution in [-0.2, 0) is 38.5 Å². The van der Waals surface area contributed by atoms with E-state index in [1.165, 1.54) is 12.1 Å². The maximum Gasteiger partial charge on any atom is 0.404 e. The number of hydrogen-bond donors (Lipinski definition) is 1. The minimum absolute atomic E-state index is 0.0106. The lowest BCUT2D eigenvalue weighted by Crippen LogP contribution is -2.56. The number of nitrogens with zero attached hydrogens (tertiary/aromatic N) is 3. The summed E-state index contributed by atoms with van der Waals surface area (Å²) in [6.07, 6.45) is 5.58. The summed E-state index contributed by atoms with van der Waals surface area (Å²) in [5.41, 5.74) is -3.81. The highest BCUT2D eigenvalue weighted by Gasteiger charge is 2.55. The predicted molar refractivity (Wildman–Crippen MR) is 238 cm³/mol. The lowest BCUT2D eigenvalue weighted by atomic mass is 9.90. The molecular formula is C44H53F2N4O8PS3. The minimum atomic E-state index is -5.22. The van der Waals surface area contributed by atoms with Crippen LogP contribution in [0.15, 0.2) is 54.6 Å². The molecule has 5 atom stereocenters. The highest BCUT2D eigenvalue weighted by Crippen LogP contribution is 2.67. The highest BCUT2D eigenvalue weighted by atomic mass is 32.2. The third-order valence-electron chi connectivity index (χ3n) is 11.5. The van der Waals surface area contributed by atoms with E-state index in [-0.39, 0.29) is 68.2 Å². The topological polar surface area (TPSA) is 163 Å². The Morgan fingerprint density at radius 1 is 0.919 bits per heavy atom. The van der Waals surface area contributed by atoms with Crippen LogP contribution in [0.3, 0.4) is 0 Å². The molecule has 18 heteroatoms.